The van der Waals surface area contributed by atoms with Gasteiger partial charge in [-0.15, -0.1) is 0 Å². The van der Waals surface area contributed by atoms with E-state index in [1.165, 1.54) is 19.1 Å². The van der Waals surface area contributed by atoms with Gasteiger partial charge >= 0.3 is 0 Å². The molecule has 0 atom stereocenters. The largest absolute Gasteiger partial charge is 0.493 e. The van der Waals surface area contributed by atoms with Gasteiger partial charge in [0.25, 0.3) is 6.43 Å². The van der Waals surface area contributed by atoms with Gasteiger partial charge in [0, 0.05) is 9.13 Å². The molecule has 0 N–H and O–H groups in total. The highest BCUT2D eigenvalue weighted by Crippen LogP contribution is 2.34. The Hall–Kier alpha value is -0.720. The van der Waals surface area contributed by atoms with Gasteiger partial charge in [-0.3, -0.25) is 4.79 Å². The van der Waals surface area contributed by atoms with E-state index in [-0.39, 0.29) is 29.3 Å². The Kier molecular flexibility index (Phi) is 4.64. The number of carbonyl (C=O) groups excluding carboxylic acids is 1. The van der Waals surface area contributed by atoms with Crippen LogP contribution in [0.2, 0.25) is 0 Å². The van der Waals surface area contributed by atoms with E-state index in [0.29, 0.717) is 3.57 Å². The minimum absolute atomic E-state index is 0.0327. The van der Waals surface area contributed by atoms with Crippen molar-refractivity contribution in [2.24, 2.45) is 0 Å². The van der Waals surface area contributed by atoms with Crippen LogP contribution in [0.3, 0.4) is 0 Å². The van der Waals surface area contributed by atoms with Gasteiger partial charge in [0.1, 0.15) is 5.75 Å². The predicted octanol–water partition coefficient (Wildman–Crippen LogP) is 3.83. The predicted molar refractivity (Wildman–Crippen MR) is 65.3 cm³/mol. The molecule has 0 saturated carbocycles. The number of hydrogen-bond acceptors (Lipinski definition) is 2. The van der Waals surface area contributed by atoms with Crippen LogP contribution in [0.4, 0.5) is 8.78 Å². The molecule has 1 rings (SSSR count). The van der Waals surface area contributed by atoms with Gasteiger partial charge in [-0.25, -0.2) is 8.78 Å². The molecule has 5 heteroatoms. The second-order valence-corrected chi connectivity index (χ2v) is 4.40. The number of ketones is 1. The number of ether oxygens (including phenoxy) is 1. The molecule has 0 aliphatic rings. The molecule has 0 bridgehead atoms. The van der Waals surface area contributed by atoms with Gasteiger partial charge < -0.3 is 4.74 Å². The standard InChI is InChI=1S/C11H11F2IO2/c1-3-16-9-5-7(14)4-8(6(2)15)10(9)11(12)13/h4-5,11H,3H2,1-2H3. The summed E-state index contributed by atoms with van der Waals surface area (Å²) in [6.45, 7) is 3.27. The van der Waals surface area contributed by atoms with Crippen molar-refractivity contribution in [2.75, 3.05) is 6.61 Å². The molecule has 16 heavy (non-hydrogen) atoms. The first kappa shape index (κ1) is 13.3. The first-order chi connectivity index (χ1) is 7.47. The van der Waals surface area contributed by atoms with Gasteiger partial charge in [-0.05, 0) is 48.6 Å². The van der Waals surface area contributed by atoms with Gasteiger partial charge in [-0.2, -0.15) is 0 Å². The highest BCUT2D eigenvalue weighted by Gasteiger charge is 2.22. The minimum Gasteiger partial charge on any atom is -0.493 e. The van der Waals surface area contributed by atoms with E-state index in [1.807, 2.05) is 22.6 Å². The summed E-state index contributed by atoms with van der Waals surface area (Å²) in [7, 11) is 0. The maximum Gasteiger partial charge on any atom is 0.268 e. The van der Waals surface area contributed by atoms with E-state index in [1.54, 1.807) is 6.92 Å². The summed E-state index contributed by atoms with van der Waals surface area (Å²) in [5.74, 6) is -0.288. The summed E-state index contributed by atoms with van der Waals surface area (Å²) in [5.41, 5.74) is -0.278. The normalized spacial score (nSPS) is 10.6. The minimum atomic E-state index is -2.71. The van der Waals surface area contributed by atoms with Crippen molar-refractivity contribution in [3.63, 3.8) is 0 Å². The lowest BCUT2D eigenvalue weighted by Crippen LogP contribution is -2.05. The molecule has 0 aliphatic carbocycles. The fourth-order valence-electron chi connectivity index (χ4n) is 1.38. The van der Waals surface area contributed by atoms with Crippen molar-refractivity contribution < 1.29 is 18.3 Å². The number of alkyl halides is 2. The second-order valence-electron chi connectivity index (χ2n) is 3.16. The SMILES string of the molecule is CCOc1cc(I)cc(C(C)=O)c1C(F)F. The summed E-state index contributed by atoms with van der Waals surface area (Å²) >= 11 is 1.97. The molecule has 2 nitrogen and oxygen atoms in total. The average Bonchev–Trinajstić information content (AvgIpc) is 2.16. The Bertz CT molecular complexity index is 405. The Morgan fingerprint density at radius 3 is 2.56 bits per heavy atom. The van der Waals surface area contributed by atoms with Gasteiger partial charge in [0.05, 0.1) is 12.2 Å². The number of benzene rings is 1. The lowest BCUT2D eigenvalue weighted by atomic mass is 10.0. The van der Waals surface area contributed by atoms with E-state index >= 15 is 0 Å². The van der Waals surface area contributed by atoms with Crippen molar-refractivity contribution in [3.8, 4) is 5.75 Å². The van der Waals surface area contributed by atoms with E-state index in [0.717, 1.165) is 0 Å². The Morgan fingerprint density at radius 2 is 2.12 bits per heavy atom. The highest BCUT2D eigenvalue weighted by atomic mass is 127. The quantitative estimate of drug-likeness (QED) is 0.615. The summed E-state index contributed by atoms with van der Waals surface area (Å²) in [5, 5.41) is 0. The lowest BCUT2D eigenvalue weighted by molar-refractivity contribution is 0.0995. The first-order valence-electron chi connectivity index (χ1n) is 4.72. The van der Waals surface area contributed by atoms with Gasteiger partial charge in [0.15, 0.2) is 5.78 Å². The molecule has 0 radical (unpaired) electrons. The van der Waals surface area contributed by atoms with Crippen molar-refractivity contribution >= 4 is 28.4 Å². The van der Waals surface area contributed by atoms with E-state index in [4.69, 9.17) is 4.74 Å². The zero-order valence-corrected chi connectivity index (χ0v) is 11.0. The van der Waals surface area contributed by atoms with Crippen LogP contribution >= 0.6 is 22.6 Å². The summed E-state index contributed by atoms with van der Waals surface area (Å²) in [6.07, 6.45) is -2.71. The van der Waals surface area contributed by atoms with Gasteiger partial charge in [0.2, 0.25) is 0 Å². The van der Waals surface area contributed by atoms with Crippen LogP contribution in [0.25, 0.3) is 0 Å². The Morgan fingerprint density at radius 1 is 1.50 bits per heavy atom. The summed E-state index contributed by atoms with van der Waals surface area (Å²) in [4.78, 5) is 11.3. The smallest absolute Gasteiger partial charge is 0.268 e. The third-order valence-corrected chi connectivity index (χ3v) is 2.63. The summed E-state index contributed by atoms with van der Waals surface area (Å²) in [6, 6.07) is 2.96. The third-order valence-electron chi connectivity index (χ3n) is 2.00. The van der Waals surface area contributed by atoms with Crippen LogP contribution in [0.15, 0.2) is 12.1 Å². The zero-order chi connectivity index (χ0) is 12.3. The number of halogens is 3. The number of carbonyl (C=O) groups is 1. The molecule has 1 aromatic carbocycles. The zero-order valence-electron chi connectivity index (χ0n) is 8.89. The van der Waals surface area contributed by atoms with Crippen LogP contribution in [0.1, 0.15) is 36.2 Å². The van der Waals surface area contributed by atoms with Crippen LogP contribution in [-0.4, -0.2) is 12.4 Å². The summed E-state index contributed by atoms with van der Waals surface area (Å²) < 4.78 is 31.6. The topological polar surface area (TPSA) is 26.3 Å². The van der Waals surface area contributed by atoms with E-state index < -0.39 is 6.43 Å². The number of rotatable bonds is 4. The van der Waals surface area contributed by atoms with E-state index in [2.05, 4.69) is 0 Å². The fraction of sp³-hybridized carbons (Fsp3) is 0.364. The van der Waals surface area contributed by atoms with Gasteiger partial charge in [-0.1, -0.05) is 0 Å². The molecule has 0 heterocycles. The number of hydrogen-bond donors (Lipinski definition) is 0. The van der Waals surface area contributed by atoms with Crippen LogP contribution < -0.4 is 4.74 Å². The van der Waals surface area contributed by atoms with Crippen molar-refractivity contribution in [1.29, 1.82) is 0 Å². The molecule has 88 valence electrons. The Balaban J connectivity index is 3.41. The maximum absolute atomic E-state index is 12.9. The molecular formula is C11H11F2IO2. The van der Waals surface area contributed by atoms with Crippen LogP contribution in [0, 0.1) is 3.57 Å². The third kappa shape index (κ3) is 2.90. The Labute approximate surface area is 106 Å². The fourth-order valence-corrected chi connectivity index (χ4v) is 1.98. The molecule has 0 aromatic heterocycles. The monoisotopic (exact) mass is 340 g/mol. The molecule has 0 fully saturated rings. The van der Waals surface area contributed by atoms with Crippen LogP contribution in [-0.2, 0) is 0 Å². The molecule has 0 aliphatic heterocycles. The second kappa shape index (κ2) is 5.56. The van der Waals surface area contributed by atoms with Crippen molar-refractivity contribution in [3.05, 3.63) is 26.8 Å². The molecule has 0 saturated heterocycles. The van der Waals surface area contributed by atoms with Crippen molar-refractivity contribution in [2.45, 2.75) is 20.3 Å². The highest BCUT2D eigenvalue weighted by molar-refractivity contribution is 14.1. The number of Topliss-reactive ketones (excluding diaryl/α,β-unsaturated/α-hetero) is 1. The maximum atomic E-state index is 12.9. The van der Waals surface area contributed by atoms with Crippen LogP contribution in [0.5, 0.6) is 5.75 Å². The molecule has 0 unspecified atom stereocenters. The molecule has 0 amide bonds. The van der Waals surface area contributed by atoms with E-state index in [9.17, 15) is 13.6 Å². The molecular weight excluding hydrogens is 329 g/mol. The average molecular weight is 340 g/mol. The lowest BCUT2D eigenvalue weighted by Gasteiger charge is -2.13. The first-order valence-corrected chi connectivity index (χ1v) is 5.80. The molecule has 1 aromatic rings. The van der Waals surface area contributed by atoms with Crippen molar-refractivity contribution in [1.82, 2.24) is 0 Å². The molecule has 0 spiro atoms.